The number of nitrogens with zero attached hydrogens (tertiary/aromatic N) is 1. The summed E-state index contributed by atoms with van der Waals surface area (Å²) in [6.07, 6.45) is 3.92. The van der Waals surface area contributed by atoms with Crippen molar-refractivity contribution in [3.05, 3.63) is 102 Å². The van der Waals surface area contributed by atoms with Crippen molar-refractivity contribution in [2.24, 2.45) is 0 Å². The van der Waals surface area contributed by atoms with Gasteiger partial charge in [0, 0.05) is 5.39 Å². The van der Waals surface area contributed by atoms with Gasteiger partial charge in [0.1, 0.15) is 23.6 Å². The monoisotopic (exact) mass is 353 g/mol. The SMILES string of the molecule is Oc1cccc2ccc(C=Cc3cccc(OCc4ccccc4)c3)nc12. The van der Waals surface area contributed by atoms with Crippen molar-refractivity contribution >= 4 is 23.1 Å². The van der Waals surface area contributed by atoms with Crippen LogP contribution in [-0.4, -0.2) is 10.1 Å². The highest BCUT2D eigenvalue weighted by molar-refractivity contribution is 5.85. The van der Waals surface area contributed by atoms with E-state index >= 15 is 0 Å². The quantitative estimate of drug-likeness (QED) is 0.501. The predicted molar refractivity (Wildman–Crippen MR) is 110 cm³/mol. The fraction of sp³-hybridized carbons (Fsp3) is 0.0417. The van der Waals surface area contributed by atoms with E-state index in [2.05, 4.69) is 4.98 Å². The summed E-state index contributed by atoms with van der Waals surface area (Å²) >= 11 is 0. The highest BCUT2D eigenvalue weighted by Gasteiger charge is 2.01. The van der Waals surface area contributed by atoms with E-state index in [-0.39, 0.29) is 5.75 Å². The summed E-state index contributed by atoms with van der Waals surface area (Å²) in [7, 11) is 0. The number of rotatable bonds is 5. The van der Waals surface area contributed by atoms with Gasteiger partial charge in [0.15, 0.2) is 0 Å². The van der Waals surface area contributed by atoms with Gasteiger partial charge < -0.3 is 9.84 Å². The lowest BCUT2D eigenvalue weighted by atomic mass is 10.1. The Morgan fingerprint density at radius 3 is 2.56 bits per heavy atom. The Morgan fingerprint density at radius 1 is 0.815 bits per heavy atom. The normalized spacial score (nSPS) is 11.1. The van der Waals surface area contributed by atoms with E-state index in [1.165, 1.54) is 0 Å². The van der Waals surface area contributed by atoms with E-state index in [0.717, 1.165) is 28.0 Å². The largest absolute Gasteiger partial charge is 0.506 e. The first-order valence-electron chi connectivity index (χ1n) is 8.81. The molecular formula is C24H19NO2. The number of phenolic OH excluding ortho intramolecular Hbond substituents is 1. The number of fused-ring (bicyclic) bond motifs is 1. The van der Waals surface area contributed by atoms with Crippen LogP contribution in [0.4, 0.5) is 0 Å². The second kappa shape index (κ2) is 7.75. The maximum atomic E-state index is 9.97. The molecule has 1 N–H and O–H groups in total. The first kappa shape index (κ1) is 16.9. The molecule has 0 saturated carbocycles. The smallest absolute Gasteiger partial charge is 0.141 e. The molecule has 0 aliphatic carbocycles. The van der Waals surface area contributed by atoms with Gasteiger partial charge in [-0.3, -0.25) is 0 Å². The van der Waals surface area contributed by atoms with Crippen molar-refractivity contribution in [1.29, 1.82) is 0 Å². The molecule has 0 aliphatic heterocycles. The number of para-hydroxylation sites is 1. The summed E-state index contributed by atoms with van der Waals surface area (Å²) in [6, 6.07) is 27.3. The Kier molecular flexibility index (Phi) is 4.84. The fourth-order valence-corrected chi connectivity index (χ4v) is 2.87. The van der Waals surface area contributed by atoms with E-state index in [9.17, 15) is 5.11 Å². The maximum absolute atomic E-state index is 9.97. The van der Waals surface area contributed by atoms with Crippen LogP contribution < -0.4 is 4.74 Å². The molecule has 3 aromatic carbocycles. The predicted octanol–water partition coefficient (Wildman–Crippen LogP) is 5.69. The topological polar surface area (TPSA) is 42.4 Å². The molecule has 3 nitrogen and oxygen atoms in total. The lowest BCUT2D eigenvalue weighted by molar-refractivity contribution is 0.306. The van der Waals surface area contributed by atoms with Crippen molar-refractivity contribution in [3.8, 4) is 11.5 Å². The Morgan fingerprint density at radius 2 is 1.67 bits per heavy atom. The van der Waals surface area contributed by atoms with Crippen LogP contribution in [0.1, 0.15) is 16.8 Å². The highest BCUT2D eigenvalue weighted by atomic mass is 16.5. The van der Waals surface area contributed by atoms with Crippen molar-refractivity contribution < 1.29 is 9.84 Å². The summed E-state index contributed by atoms with van der Waals surface area (Å²) in [4.78, 5) is 4.52. The maximum Gasteiger partial charge on any atom is 0.141 e. The van der Waals surface area contributed by atoms with Gasteiger partial charge in [0.2, 0.25) is 0 Å². The first-order chi connectivity index (χ1) is 13.3. The third kappa shape index (κ3) is 4.15. The van der Waals surface area contributed by atoms with Gasteiger partial charge in [0.25, 0.3) is 0 Å². The zero-order valence-electron chi connectivity index (χ0n) is 14.7. The van der Waals surface area contributed by atoms with Gasteiger partial charge in [-0.1, -0.05) is 66.7 Å². The van der Waals surface area contributed by atoms with Crippen molar-refractivity contribution in [2.75, 3.05) is 0 Å². The Bertz CT molecular complexity index is 1090. The molecule has 4 aromatic rings. The minimum absolute atomic E-state index is 0.194. The number of benzene rings is 3. The molecule has 27 heavy (non-hydrogen) atoms. The number of aromatic nitrogens is 1. The molecule has 0 spiro atoms. The second-order valence-electron chi connectivity index (χ2n) is 6.27. The number of ether oxygens (including phenoxy) is 1. The van der Waals surface area contributed by atoms with Gasteiger partial charge in [-0.25, -0.2) is 4.98 Å². The van der Waals surface area contributed by atoms with Crippen LogP contribution in [0.25, 0.3) is 23.1 Å². The third-order valence-electron chi connectivity index (χ3n) is 4.27. The van der Waals surface area contributed by atoms with Crippen LogP contribution in [0.5, 0.6) is 11.5 Å². The first-order valence-corrected chi connectivity index (χ1v) is 8.81. The second-order valence-corrected chi connectivity index (χ2v) is 6.27. The van der Waals surface area contributed by atoms with E-state index in [1.807, 2.05) is 91.0 Å². The summed E-state index contributed by atoms with van der Waals surface area (Å²) in [6.45, 7) is 0.541. The average molecular weight is 353 g/mol. The summed E-state index contributed by atoms with van der Waals surface area (Å²) in [5.41, 5.74) is 3.57. The molecule has 1 aromatic heterocycles. The molecule has 0 radical (unpaired) electrons. The standard InChI is InChI=1S/C24H19NO2/c26-23-11-5-9-20-13-15-21(25-24(20)23)14-12-18-8-4-10-22(16-18)27-17-19-6-2-1-3-7-19/h1-16,26H,17H2. The van der Waals surface area contributed by atoms with Crippen LogP contribution in [0.15, 0.2) is 84.9 Å². The van der Waals surface area contributed by atoms with E-state index < -0.39 is 0 Å². The molecule has 0 fully saturated rings. The number of hydrogen-bond acceptors (Lipinski definition) is 3. The van der Waals surface area contributed by atoms with Crippen molar-refractivity contribution in [2.45, 2.75) is 6.61 Å². The minimum atomic E-state index is 0.194. The molecular weight excluding hydrogens is 334 g/mol. The van der Waals surface area contributed by atoms with Crippen molar-refractivity contribution in [1.82, 2.24) is 4.98 Å². The van der Waals surface area contributed by atoms with Gasteiger partial charge >= 0.3 is 0 Å². The lowest BCUT2D eigenvalue weighted by Crippen LogP contribution is -1.94. The zero-order chi connectivity index (χ0) is 18.5. The van der Waals surface area contributed by atoms with Crippen LogP contribution in [0, 0.1) is 0 Å². The van der Waals surface area contributed by atoms with Crippen molar-refractivity contribution in [3.63, 3.8) is 0 Å². The zero-order valence-corrected chi connectivity index (χ0v) is 14.7. The number of aromatic hydroxyl groups is 1. The van der Waals surface area contributed by atoms with Gasteiger partial charge in [-0.2, -0.15) is 0 Å². The van der Waals surface area contributed by atoms with E-state index in [4.69, 9.17) is 4.74 Å². The number of pyridine rings is 1. The molecule has 4 rings (SSSR count). The molecule has 0 saturated heterocycles. The average Bonchev–Trinajstić information content (AvgIpc) is 2.72. The summed E-state index contributed by atoms with van der Waals surface area (Å²) in [5, 5.41) is 10.9. The van der Waals surface area contributed by atoms with Gasteiger partial charge in [-0.15, -0.1) is 0 Å². The van der Waals surface area contributed by atoms with Gasteiger partial charge in [-0.05, 0) is 41.5 Å². The molecule has 3 heteroatoms. The Hall–Kier alpha value is -3.59. The van der Waals surface area contributed by atoms with E-state index in [0.29, 0.717) is 12.1 Å². The highest BCUT2D eigenvalue weighted by Crippen LogP contribution is 2.23. The molecule has 0 aliphatic rings. The summed E-state index contributed by atoms with van der Waals surface area (Å²) < 4.78 is 5.88. The van der Waals surface area contributed by atoms with Crippen LogP contribution in [0.2, 0.25) is 0 Å². The Balaban J connectivity index is 1.50. The van der Waals surface area contributed by atoms with Crippen LogP contribution in [0.3, 0.4) is 0 Å². The lowest BCUT2D eigenvalue weighted by Gasteiger charge is -2.07. The number of hydrogen-bond donors (Lipinski definition) is 1. The fourth-order valence-electron chi connectivity index (χ4n) is 2.87. The molecule has 0 bridgehead atoms. The number of phenols is 1. The molecule has 0 unspecified atom stereocenters. The van der Waals surface area contributed by atoms with Crippen LogP contribution in [-0.2, 0) is 6.61 Å². The van der Waals surface area contributed by atoms with Gasteiger partial charge in [0.05, 0.1) is 5.69 Å². The molecule has 0 atom stereocenters. The molecule has 1 heterocycles. The minimum Gasteiger partial charge on any atom is -0.506 e. The molecule has 132 valence electrons. The van der Waals surface area contributed by atoms with E-state index in [1.54, 1.807) is 6.07 Å². The Labute approximate surface area is 158 Å². The third-order valence-corrected chi connectivity index (χ3v) is 4.27. The molecule has 0 amide bonds. The summed E-state index contributed by atoms with van der Waals surface area (Å²) in [5.74, 6) is 1.02. The van der Waals surface area contributed by atoms with Crippen LogP contribution >= 0.6 is 0 Å².